The fourth-order valence-corrected chi connectivity index (χ4v) is 3.10. The third-order valence-electron chi connectivity index (χ3n) is 4.24. The Morgan fingerprint density at radius 1 is 1.41 bits per heavy atom. The van der Waals surface area contributed by atoms with Crippen LogP contribution in [0.15, 0.2) is 0 Å². The number of hydrogen-bond acceptors (Lipinski definition) is 5. The van der Waals surface area contributed by atoms with Crippen LogP contribution in [0.5, 0.6) is 0 Å². The highest BCUT2D eigenvalue weighted by Crippen LogP contribution is 2.25. The first-order chi connectivity index (χ1) is 10.2. The Bertz CT molecular complexity index is 432. The predicted molar refractivity (Wildman–Crippen MR) is 82.6 cm³/mol. The quantitative estimate of drug-likeness (QED) is 0.730. The molecule has 0 aliphatic carbocycles. The van der Waals surface area contributed by atoms with Crippen molar-refractivity contribution in [2.75, 3.05) is 20.1 Å². The minimum Gasteiger partial charge on any atom is -0.461 e. The van der Waals surface area contributed by atoms with Crippen LogP contribution >= 0.6 is 0 Å². The first-order valence-electron chi connectivity index (χ1n) is 8.08. The molecule has 126 valence electrons. The number of carbonyl (C=O) groups is 2. The number of likely N-dealkylation sites (N-methyl/N-ethyl adjacent to an activating group) is 1. The van der Waals surface area contributed by atoms with Crippen molar-refractivity contribution in [1.82, 2.24) is 9.80 Å². The number of ether oxygens (including phenoxy) is 2. The van der Waals surface area contributed by atoms with Gasteiger partial charge in [0.15, 0.2) is 0 Å². The maximum absolute atomic E-state index is 12.2. The fourth-order valence-electron chi connectivity index (χ4n) is 3.10. The summed E-state index contributed by atoms with van der Waals surface area (Å²) >= 11 is 0. The molecule has 0 aromatic heterocycles. The minimum atomic E-state index is -0.496. The van der Waals surface area contributed by atoms with E-state index in [9.17, 15) is 9.59 Å². The second-order valence-corrected chi connectivity index (χ2v) is 7.38. The molecule has 0 N–H and O–H groups in total. The van der Waals surface area contributed by atoms with Crippen molar-refractivity contribution < 1.29 is 19.1 Å². The summed E-state index contributed by atoms with van der Waals surface area (Å²) in [7, 11) is 1.78. The van der Waals surface area contributed by atoms with Crippen molar-refractivity contribution in [1.29, 1.82) is 0 Å². The van der Waals surface area contributed by atoms with E-state index in [4.69, 9.17) is 9.47 Å². The summed E-state index contributed by atoms with van der Waals surface area (Å²) < 4.78 is 10.7. The second-order valence-electron chi connectivity index (χ2n) is 7.38. The molecule has 3 atom stereocenters. The van der Waals surface area contributed by atoms with E-state index in [1.54, 1.807) is 11.9 Å². The van der Waals surface area contributed by atoms with Crippen molar-refractivity contribution in [3.05, 3.63) is 0 Å². The summed E-state index contributed by atoms with van der Waals surface area (Å²) in [5.41, 5.74) is -0.496. The van der Waals surface area contributed by atoms with Crippen LogP contribution < -0.4 is 0 Å². The van der Waals surface area contributed by atoms with Crippen molar-refractivity contribution in [2.45, 2.75) is 70.7 Å². The number of nitrogens with zero attached hydrogens (tertiary/aromatic N) is 2. The molecule has 0 unspecified atom stereocenters. The zero-order chi connectivity index (χ0) is 16.5. The number of piperidine rings is 1. The highest BCUT2D eigenvalue weighted by atomic mass is 16.6. The molecule has 0 bridgehead atoms. The number of likely N-dealkylation sites (tertiary alicyclic amines) is 1. The van der Waals surface area contributed by atoms with Gasteiger partial charge in [0.1, 0.15) is 17.7 Å². The van der Waals surface area contributed by atoms with Gasteiger partial charge in [0.2, 0.25) is 0 Å². The lowest BCUT2D eigenvalue weighted by molar-refractivity contribution is -0.145. The molecule has 0 aromatic carbocycles. The minimum absolute atomic E-state index is 0.0125. The molecule has 2 aliphatic heterocycles. The lowest BCUT2D eigenvalue weighted by atomic mass is 10.0. The zero-order valence-corrected chi connectivity index (χ0v) is 14.3. The van der Waals surface area contributed by atoms with E-state index in [1.165, 1.54) is 0 Å². The molecule has 0 aromatic rings. The van der Waals surface area contributed by atoms with Gasteiger partial charge >= 0.3 is 12.1 Å². The van der Waals surface area contributed by atoms with Gasteiger partial charge in [0, 0.05) is 26.1 Å². The van der Waals surface area contributed by atoms with E-state index in [2.05, 4.69) is 4.90 Å². The molecule has 6 nitrogen and oxygen atoms in total. The van der Waals surface area contributed by atoms with E-state index in [0.29, 0.717) is 6.54 Å². The molecule has 2 fully saturated rings. The predicted octanol–water partition coefficient (Wildman–Crippen LogP) is 2.02. The number of carbonyl (C=O) groups excluding carboxylic acids is 2. The summed E-state index contributed by atoms with van der Waals surface area (Å²) in [6.07, 6.45) is 2.32. The largest absolute Gasteiger partial charge is 0.461 e. The van der Waals surface area contributed by atoms with Gasteiger partial charge < -0.3 is 14.4 Å². The van der Waals surface area contributed by atoms with E-state index in [-0.39, 0.29) is 30.3 Å². The van der Waals surface area contributed by atoms with E-state index in [1.807, 2.05) is 27.7 Å². The van der Waals surface area contributed by atoms with Crippen molar-refractivity contribution in [3.63, 3.8) is 0 Å². The Morgan fingerprint density at radius 3 is 2.64 bits per heavy atom. The van der Waals surface area contributed by atoms with E-state index >= 15 is 0 Å². The first-order valence-corrected chi connectivity index (χ1v) is 8.08. The van der Waals surface area contributed by atoms with Crippen LogP contribution in [0, 0.1) is 0 Å². The smallest absolute Gasteiger partial charge is 0.410 e. The molecule has 2 aliphatic rings. The average Bonchev–Trinajstić information content (AvgIpc) is 2.75. The van der Waals surface area contributed by atoms with Crippen LogP contribution in [0.2, 0.25) is 0 Å². The molecular weight excluding hydrogens is 284 g/mol. The van der Waals surface area contributed by atoms with Crippen LogP contribution in [0.1, 0.15) is 47.0 Å². The van der Waals surface area contributed by atoms with Crippen LogP contribution in [-0.2, 0) is 14.3 Å². The molecule has 2 heterocycles. The average molecular weight is 312 g/mol. The third-order valence-corrected chi connectivity index (χ3v) is 4.24. The normalized spacial score (nSPS) is 30.0. The van der Waals surface area contributed by atoms with Gasteiger partial charge in [-0.1, -0.05) is 0 Å². The van der Waals surface area contributed by atoms with Crippen LogP contribution in [0.3, 0.4) is 0 Å². The van der Waals surface area contributed by atoms with Gasteiger partial charge in [-0.2, -0.15) is 0 Å². The Balaban J connectivity index is 1.95. The van der Waals surface area contributed by atoms with Gasteiger partial charge in [-0.25, -0.2) is 4.79 Å². The number of amides is 1. The molecule has 2 saturated heterocycles. The number of esters is 1. The maximum atomic E-state index is 12.2. The molecule has 0 saturated carbocycles. The van der Waals surface area contributed by atoms with Crippen molar-refractivity contribution in [3.8, 4) is 0 Å². The number of cyclic esters (lactones) is 1. The standard InChI is InChI=1S/C16H28N2O4/c1-11-9-13(14(19)21-11)18-8-6-7-12(10-18)17(5)15(20)22-16(2,3)4/h11-13H,6-10H2,1-5H3/t11-,12+,13+/m1/s1. The molecule has 6 heteroatoms. The summed E-state index contributed by atoms with van der Waals surface area (Å²) in [4.78, 5) is 27.9. The monoisotopic (exact) mass is 312 g/mol. The Hall–Kier alpha value is -1.30. The summed E-state index contributed by atoms with van der Waals surface area (Å²) in [6, 6.07) is -0.0860. The fraction of sp³-hybridized carbons (Fsp3) is 0.875. The zero-order valence-electron chi connectivity index (χ0n) is 14.3. The Labute approximate surface area is 132 Å². The van der Waals surface area contributed by atoms with Gasteiger partial charge in [0.25, 0.3) is 0 Å². The van der Waals surface area contributed by atoms with Gasteiger partial charge in [-0.05, 0) is 47.1 Å². The van der Waals surface area contributed by atoms with Crippen molar-refractivity contribution >= 4 is 12.1 Å². The highest BCUT2D eigenvalue weighted by molar-refractivity contribution is 5.78. The van der Waals surface area contributed by atoms with E-state index < -0.39 is 5.60 Å². The van der Waals surface area contributed by atoms with Crippen LogP contribution in [-0.4, -0.2) is 65.8 Å². The summed E-state index contributed by atoms with van der Waals surface area (Å²) in [6.45, 7) is 9.09. The lowest BCUT2D eigenvalue weighted by Gasteiger charge is -2.39. The van der Waals surface area contributed by atoms with Crippen molar-refractivity contribution in [2.24, 2.45) is 0 Å². The van der Waals surface area contributed by atoms with Crippen LogP contribution in [0.25, 0.3) is 0 Å². The first kappa shape index (κ1) is 17.1. The van der Waals surface area contributed by atoms with E-state index in [0.717, 1.165) is 25.8 Å². The molecule has 0 radical (unpaired) electrons. The topological polar surface area (TPSA) is 59.1 Å². The Kier molecular flexibility index (Phi) is 5.00. The summed E-state index contributed by atoms with van der Waals surface area (Å²) in [5.74, 6) is -0.131. The van der Waals surface area contributed by atoms with Gasteiger partial charge in [-0.15, -0.1) is 0 Å². The van der Waals surface area contributed by atoms with Gasteiger partial charge in [-0.3, -0.25) is 9.69 Å². The molecule has 2 rings (SSSR count). The third kappa shape index (κ3) is 4.12. The highest BCUT2D eigenvalue weighted by Gasteiger charge is 2.39. The lowest BCUT2D eigenvalue weighted by Crippen LogP contribution is -2.53. The SMILES string of the molecule is C[C@@H]1C[C@H](N2CCC[C@H](N(C)C(=O)OC(C)(C)C)C2)C(=O)O1. The van der Waals surface area contributed by atoms with Crippen LogP contribution in [0.4, 0.5) is 4.79 Å². The second kappa shape index (κ2) is 6.44. The summed E-state index contributed by atoms with van der Waals surface area (Å²) in [5, 5.41) is 0. The number of rotatable bonds is 2. The molecule has 22 heavy (non-hydrogen) atoms. The molecule has 0 spiro atoms. The number of hydrogen-bond donors (Lipinski definition) is 0. The molecular formula is C16H28N2O4. The maximum Gasteiger partial charge on any atom is 0.410 e. The van der Waals surface area contributed by atoms with Gasteiger partial charge in [0.05, 0.1) is 0 Å². The Morgan fingerprint density at radius 2 is 2.09 bits per heavy atom. The molecule has 1 amide bonds.